The summed E-state index contributed by atoms with van der Waals surface area (Å²) in [6, 6.07) is 0. The Hall–Kier alpha value is -1.58. The molecule has 0 bridgehead atoms. The fourth-order valence-corrected chi connectivity index (χ4v) is 3.95. The highest BCUT2D eigenvalue weighted by Gasteiger charge is 2.36. The largest absolute Gasteiger partial charge is 0.465 e. The second-order valence-electron chi connectivity index (χ2n) is 16.8. The van der Waals surface area contributed by atoms with Gasteiger partial charge in [0.05, 0.1) is 117 Å². The third-order valence-corrected chi connectivity index (χ3v) is 9.65. The average Bonchev–Trinajstić information content (AvgIpc) is 4.03. The Kier molecular flexibility index (Phi) is 32.7. The lowest BCUT2D eigenvalue weighted by molar-refractivity contribution is -0.155. The molecule has 61 heavy (non-hydrogen) atoms. The summed E-state index contributed by atoms with van der Waals surface area (Å²) in [6.45, 7) is 26.4. The first-order valence-corrected chi connectivity index (χ1v) is 22.5. The molecule has 5 fully saturated rings. The van der Waals surface area contributed by atoms with Crippen LogP contribution >= 0.6 is 0 Å². The van der Waals surface area contributed by atoms with E-state index in [0.717, 1.165) is 58.0 Å². The summed E-state index contributed by atoms with van der Waals surface area (Å²) in [4.78, 5) is 22.1. The van der Waals surface area contributed by atoms with E-state index in [-0.39, 0.29) is 80.9 Å². The fraction of sp³-hybridized carbons (Fsp3) is 0.955. The van der Waals surface area contributed by atoms with Gasteiger partial charge in [0, 0.05) is 0 Å². The highest BCUT2D eigenvalue weighted by Crippen LogP contribution is 2.21. The van der Waals surface area contributed by atoms with E-state index in [1.54, 1.807) is 0 Å². The first kappa shape index (κ1) is 57.4. The van der Waals surface area contributed by atoms with Crippen LogP contribution in [0.5, 0.6) is 0 Å². The zero-order valence-corrected chi connectivity index (χ0v) is 38.9. The Balaban J connectivity index is 0.000000405. The summed E-state index contributed by atoms with van der Waals surface area (Å²) >= 11 is 0. The highest BCUT2D eigenvalue weighted by molar-refractivity contribution is 5.75. The summed E-state index contributed by atoms with van der Waals surface area (Å²) < 4.78 is 61.9. The molecule has 0 spiro atoms. The smallest absolute Gasteiger partial charge is 0.311 e. The van der Waals surface area contributed by atoms with Gasteiger partial charge in [-0.15, -0.1) is 0 Å². The van der Waals surface area contributed by atoms with Crippen molar-refractivity contribution in [2.75, 3.05) is 112 Å². The summed E-state index contributed by atoms with van der Waals surface area (Å²) in [5.74, 6) is 0.650. The Morgan fingerprint density at radius 3 is 1.44 bits per heavy atom. The van der Waals surface area contributed by atoms with Gasteiger partial charge in [-0.25, -0.2) is 0 Å². The normalized spacial score (nSPS) is 23.4. The van der Waals surface area contributed by atoms with Crippen molar-refractivity contribution in [3.63, 3.8) is 0 Å². The van der Waals surface area contributed by atoms with Crippen molar-refractivity contribution in [3.05, 3.63) is 0 Å². The van der Waals surface area contributed by atoms with E-state index in [4.69, 9.17) is 61.9 Å². The maximum atomic E-state index is 11.1. The molecule has 0 amide bonds. The lowest BCUT2D eigenvalue weighted by Crippen LogP contribution is -2.30. The summed E-state index contributed by atoms with van der Waals surface area (Å²) in [5.41, 5.74) is -0.421. The third-order valence-electron chi connectivity index (χ3n) is 9.65. The van der Waals surface area contributed by atoms with E-state index in [1.807, 2.05) is 34.6 Å². The van der Waals surface area contributed by atoms with Crippen molar-refractivity contribution in [3.8, 4) is 0 Å². The van der Waals surface area contributed by atoms with Gasteiger partial charge in [0.2, 0.25) is 0 Å². The molecule has 5 heterocycles. The molecule has 17 nitrogen and oxygen atoms in total. The molecular weight excluding hydrogens is 800 g/mol. The standard InChI is InChI=1S/C13H22O7.C9H16O5.C9H18O2.C8H16O3.C5H12/c14-9(1-15-3-10-4-17-10)2-16-7-12(13-8-20-13)19-6-11-5-18-11;10-7(1-11-3-8-5-13-8)2-12-4-9-6-14-9;1-4-6-7-11-9(10)8(3)5-2;1-4-8(2,3)7(10)11-6-5-9;1-4-5(2)3/h9-14H,1-8H2;7-10H,1-6H2;8H,4-7H2,1-3H3;9H,4-6H2,1-3H3;5H,4H2,1-3H3. The number of carbonyl (C=O) groups excluding carboxylic acids is 2. The van der Waals surface area contributed by atoms with E-state index < -0.39 is 17.6 Å². The van der Waals surface area contributed by atoms with Crippen LogP contribution in [0.15, 0.2) is 0 Å². The summed E-state index contributed by atoms with van der Waals surface area (Å²) in [7, 11) is 0. The minimum atomic E-state index is -0.624. The van der Waals surface area contributed by atoms with Crippen molar-refractivity contribution in [1.82, 2.24) is 0 Å². The maximum absolute atomic E-state index is 11.1. The van der Waals surface area contributed by atoms with Gasteiger partial charge in [0.15, 0.2) is 0 Å². The number of hydrogen-bond acceptors (Lipinski definition) is 17. The Labute approximate surface area is 365 Å². The van der Waals surface area contributed by atoms with Gasteiger partial charge >= 0.3 is 11.9 Å². The van der Waals surface area contributed by atoms with E-state index in [2.05, 4.69) is 27.7 Å². The van der Waals surface area contributed by atoms with E-state index in [0.29, 0.717) is 59.5 Å². The fourth-order valence-electron chi connectivity index (χ4n) is 3.95. The number of epoxide rings is 5. The van der Waals surface area contributed by atoms with Crippen LogP contribution in [0.4, 0.5) is 0 Å². The molecule has 0 aromatic heterocycles. The number of aliphatic hydroxyl groups is 3. The molecule has 0 radical (unpaired) electrons. The number of unbranched alkanes of at least 4 members (excludes halogenated alkanes) is 1. The van der Waals surface area contributed by atoms with Crippen LogP contribution in [0.25, 0.3) is 0 Å². The van der Waals surface area contributed by atoms with E-state index >= 15 is 0 Å². The molecule has 5 aliphatic rings. The second kappa shape index (κ2) is 34.8. The van der Waals surface area contributed by atoms with Crippen LogP contribution < -0.4 is 0 Å². The first-order valence-electron chi connectivity index (χ1n) is 22.5. The number of ether oxygens (including phenoxy) is 12. The number of aliphatic hydroxyl groups excluding tert-OH is 3. The lowest BCUT2D eigenvalue weighted by atomic mass is 9.91. The van der Waals surface area contributed by atoms with Gasteiger partial charge in [-0.2, -0.15) is 0 Å². The molecule has 5 saturated heterocycles. The predicted molar refractivity (Wildman–Crippen MR) is 226 cm³/mol. The minimum Gasteiger partial charge on any atom is -0.465 e. The predicted octanol–water partition coefficient (Wildman–Crippen LogP) is 3.53. The zero-order valence-electron chi connectivity index (χ0n) is 38.9. The van der Waals surface area contributed by atoms with Crippen LogP contribution in [0.1, 0.15) is 94.4 Å². The van der Waals surface area contributed by atoms with Crippen LogP contribution in [0, 0.1) is 17.3 Å². The Morgan fingerprint density at radius 1 is 0.639 bits per heavy atom. The van der Waals surface area contributed by atoms with Gasteiger partial charge in [-0.1, -0.05) is 61.3 Å². The first-order chi connectivity index (χ1) is 29.2. The van der Waals surface area contributed by atoms with Crippen LogP contribution in [-0.2, 0) is 66.4 Å². The molecule has 0 aliphatic carbocycles. The van der Waals surface area contributed by atoms with E-state index in [1.165, 1.54) is 6.42 Å². The molecule has 0 aromatic carbocycles. The highest BCUT2D eigenvalue weighted by atomic mass is 16.6. The maximum Gasteiger partial charge on any atom is 0.311 e. The van der Waals surface area contributed by atoms with Crippen LogP contribution in [0.2, 0.25) is 0 Å². The number of rotatable bonds is 30. The van der Waals surface area contributed by atoms with Gasteiger partial charge in [0.1, 0.15) is 55.4 Å². The lowest BCUT2D eigenvalue weighted by Gasteiger charge is -2.19. The minimum absolute atomic E-state index is 0.0547. The molecule has 8 unspecified atom stereocenters. The number of hydrogen-bond donors (Lipinski definition) is 3. The van der Waals surface area contributed by atoms with Gasteiger partial charge in [-0.3, -0.25) is 9.59 Å². The molecule has 5 rings (SSSR count). The number of carbonyl (C=O) groups is 2. The summed E-state index contributed by atoms with van der Waals surface area (Å²) in [5, 5.41) is 27.5. The molecule has 362 valence electrons. The topological polar surface area (TPSA) is 222 Å². The average molecular weight is 885 g/mol. The van der Waals surface area contributed by atoms with Crippen LogP contribution in [-0.4, -0.2) is 188 Å². The molecule has 0 saturated carbocycles. The van der Waals surface area contributed by atoms with Crippen molar-refractivity contribution in [1.29, 1.82) is 0 Å². The van der Waals surface area contributed by atoms with Crippen molar-refractivity contribution in [2.24, 2.45) is 17.3 Å². The quantitative estimate of drug-likeness (QED) is 0.0533. The zero-order chi connectivity index (χ0) is 45.5. The van der Waals surface area contributed by atoms with Gasteiger partial charge < -0.3 is 72.2 Å². The Bertz CT molecular complexity index is 1040. The van der Waals surface area contributed by atoms with Crippen LogP contribution in [0.3, 0.4) is 0 Å². The molecule has 3 N–H and O–H groups in total. The van der Waals surface area contributed by atoms with Crippen molar-refractivity contribution < 1.29 is 81.8 Å². The van der Waals surface area contributed by atoms with Crippen molar-refractivity contribution in [2.45, 2.75) is 143 Å². The molecule has 5 aliphatic heterocycles. The van der Waals surface area contributed by atoms with Crippen molar-refractivity contribution >= 4 is 11.9 Å². The SMILES string of the molecule is CCC(C)(C)C(=O)OCCO.CCC(C)C.CCCCOC(=O)C(C)CC.OC(COCC1CO1)COCC(OCC1CO1)C1CO1.OC(COCC1CO1)COCC1CO1. The molecule has 17 heteroatoms. The number of esters is 2. The van der Waals surface area contributed by atoms with E-state index in [9.17, 15) is 19.8 Å². The monoisotopic (exact) mass is 885 g/mol. The second-order valence-corrected chi connectivity index (χ2v) is 16.8. The van der Waals surface area contributed by atoms with Gasteiger partial charge in [0.25, 0.3) is 0 Å². The molecule has 0 aromatic rings. The third kappa shape index (κ3) is 35.5. The molecular formula is C44H84O17. The summed E-state index contributed by atoms with van der Waals surface area (Å²) in [6.07, 6.45) is 4.80. The van der Waals surface area contributed by atoms with Gasteiger partial charge in [-0.05, 0) is 39.0 Å². The molecule has 8 atom stereocenters. The Morgan fingerprint density at radius 2 is 1.08 bits per heavy atom.